The highest BCUT2D eigenvalue weighted by Crippen LogP contribution is 2.66. The molecule has 4 fully saturated rings. The van der Waals surface area contributed by atoms with Crippen LogP contribution in [0, 0.1) is 34.5 Å². The Morgan fingerprint density at radius 2 is 1.37 bits per heavy atom. The standard InChI is InChI=1S/C33H38O5/c1-32-17-15-24(34)19-23(32)20-27(37-30(35)21-9-5-3-6-10-21)29-25-13-14-28(33(25,2)18-16-26(29)32)38-31(36)22-11-7-4-8-12-22/h3-12,23,25-29H,13-20H2,1-2H3/t23-,25-,26-,27+,28-,29-,32-,33-/m0/s1. The van der Waals surface area contributed by atoms with Crippen LogP contribution >= 0.6 is 0 Å². The van der Waals surface area contributed by atoms with E-state index in [2.05, 4.69) is 13.8 Å². The van der Waals surface area contributed by atoms with E-state index in [0.29, 0.717) is 41.6 Å². The molecule has 4 aliphatic carbocycles. The molecular weight excluding hydrogens is 476 g/mol. The van der Waals surface area contributed by atoms with Crippen molar-refractivity contribution in [3.8, 4) is 0 Å². The minimum atomic E-state index is -0.280. The van der Waals surface area contributed by atoms with Crippen LogP contribution in [0.25, 0.3) is 0 Å². The topological polar surface area (TPSA) is 69.7 Å². The van der Waals surface area contributed by atoms with Gasteiger partial charge in [-0.3, -0.25) is 4.79 Å². The Bertz CT molecular complexity index is 1210. The quantitative estimate of drug-likeness (QED) is 0.427. The predicted octanol–water partition coefficient (Wildman–Crippen LogP) is 6.66. The van der Waals surface area contributed by atoms with Crippen molar-refractivity contribution in [2.45, 2.75) is 77.4 Å². The molecule has 0 aliphatic heterocycles. The maximum atomic E-state index is 13.3. The lowest BCUT2D eigenvalue weighted by Gasteiger charge is -2.61. The number of hydrogen-bond acceptors (Lipinski definition) is 5. The molecule has 0 radical (unpaired) electrons. The maximum Gasteiger partial charge on any atom is 0.338 e. The van der Waals surface area contributed by atoms with Crippen LogP contribution in [0.1, 0.15) is 85.9 Å². The zero-order valence-electron chi connectivity index (χ0n) is 22.4. The van der Waals surface area contributed by atoms with Gasteiger partial charge in [-0.25, -0.2) is 9.59 Å². The van der Waals surface area contributed by atoms with Crippen molar-refractivity contribution < 1.29 is 23.9 Å². The average molecular weight is 515 g/mol. The Labute approximate surface area is 225 Å². The number of ether oxygens (including phenoxy) is 2. The number of benzene rings is 2. The summed E-state index contributed by atoms with van der Waals surface area (Å²) in [4.78, 5) is 38.8. The van der Waals surface area contributed by atoms with Crippen molar-refractivity contribution in [3.05, 3.63) is 71.8 Å². The number of hydrogen-bond donors (Lipinski definition) is 0. The highest BCUT2D eigenvalue weighted by Gasteiger charge is 2.64. The minimum Gasteiger partial charge on any atom is -0.458 e. The van der Waals surface area contributed by atoms with Gasteiger partial charge in [-0.05, 0) is 86.0 Å². The lowest BCUT2D eigenvalue weighted by atomic mass is 9.44. The molecule has 5 heteroatoms. The lowest BCUT2D eigenvalue weighted by molar-refractivity contribution is -0.172. The van der Waals surface area contributed by atoms with Gasteiger partial charge in [0.15, 0.2) is 0 Å². The molecule has 6 rings (SSSR count). The molecule has 0 spiro atoms. The monoisotopic (exact) mass is 514 g/mol. The van der Waals surface area contributed by atoms with Crippen LogP contribution in [0.3, 0.4) is 0 Å². The summed E-state index contributed by atoms with van der Waals surface area (Å²) < 4.78 is 12.5. The van der Waals surface area contributed by atoms with Crippen molar-refractivity contribution in [1.29, 1.82) is 0 Å². The zero-order valence-corrected chi connectivity index (χ0v) is 22.4. The third-order valence-corrected chi connectivity index (χ3v) is 10.9. The van der Waals surface area contributed by atoms with Gasteiger partial charge in [-0.15, -0.1) is 0 Å². The summed E-state index contributed by atoms with van der Waals surface area (Å²) in [7, 11) is 0. The number of Topliss-reactive ketones (excluding diaryl/α,β-unsaturated/α-hetero) is 1. The highest BCUT2D eigenvalue weighted by molar-refractivity contribution is 5.90. The maximum absolute atomic E-state index is 13.3. The molecule has 8 atom stereocenters. The molecule has 4 aliphatic rings. The molecule has 0 heterocycles. The molecule has 5 nitrogen and oxygen atoms in total. The molecular formula is C33H38O5. The van der Waals surface area contributed by atoms with E-state index >= 15 is 0 Å². The van der Waals surface area contributed by atoms with Crippen LogP contribution < -0.4 is 0 Å². The molecule has 0 amide bonds. The third-order valence-electron chi connectivity index (χ3n) is 10.9. The molecule has 0 aromatic heterocycles. The van der Waals surface area contributed by atoms with Crippen LogP contribution in [0.15, 0.2) is 60.7 Å². The molecule has 0 unspecified atom stereocenters. The second-order valence-electron chi connectivity index (χ2n) is 12.7. The summed E-state index contributed by atoms with van der Waals surface area (Å²) in [6.07, 6.45) is 6.33. The summed E-state index contributed by atoms with van der Waals surface area (Å²) in [5, 5.41) is 0. The van der Waals surface area contributed by atoms with Gasteiger partial charge < -0.3 is 9.47 Å². The number of carbonyl (C=O) groups excluding carboxylic acids is 3. The third kappa shape index (κ3) is 4.19. The number of ketones is 1. The molecule has 2 aromatic rings. The lowest BCUT2D eigenvalue weighted by Crippen LogP contribution is -2.59. The summed E-state index contributed by atoms with van der Waals surface area (Å²) >= 11 is 0. The molecule has 0 bridgehead atoms. The van der Waals surface area contributed by atoms with Gasteiger partial charge in [-0.2, -0.15) is 0 Å². The van der Waals surface area contributed by atoms with Crippen molar-refractivity contribution in [2.75, 3.05) is 0 Å². The van der Waals surface area contributed by atoms with E-state index in [9.17, 15) is 14.4 Å². The average Bonchev–Trinajstić information content (AvgIpc) is 3.26. The molecule has 4 saturated carbocycles. The SMILES string of the molecule is C[C@]12CCC(=O)C[C@H]1C[C@@H](OC(=O)c1ccccc1)[C@@H]1[C@@H]2CC[C@]2(C)[C@@H](OC(=O)c3ccccc3)CC[C@@H]12. The summed E-state index contributed by atoms with van der Waals surface area (Å²) in [6.45, 7) is 4.68. The van der Waals surface area contributed by atoms with Gasteiger partial charge in [0.05, 0.1) is 11.1 Å². The first-order chi connectivity index (χ1) is 18.3. The van der Waals surface area contributed by atoms with Gasteiger partial charge in [0.25, 0.3) is 0 Å². The highest BCUT2D eigenvalue weighted by atomic mass is 16.5. The summed E-state index contributed by atoms with van der Waals surface area (Å²) in [6, 6.07) is 18.5. The molecule has 200 valence electrons. The van der Waals surface area contributed by atoms with E-state index in [0.717, 1.165) is 38.5 Å². The first-order valence-electron chi connectivity index (χ1n) is 14.3. The van der Waals surface area contributed by atoms with Crippen LogP contribution in [0.2, 0.25) is 0 Å². The Morgan fingerprint density at radius 3 is 2.03 bits per heavy atom. The first-order valence-corrected chi connectivity index (χ1v) is 14.3. The molecule has 2 aromatic carbocycles. The largest absolute Gasteiger partial charge is 0.458 e. The first kappa shape index (κ1) is 25.3. The van der Waals surface area contributed by atoms with Crippen molar-refractivity contribution in [2.24, 2.45) is 34.5 Å². The summed E-state index contributed by atoms with van der Waals surface area (Å²) in [5.41, 5.74) is 1.07. The second-order valence-corrected chi connectivity index (χ2v) is 12.7. The number of esters is 2. The van der Waals surface area contributed by atoms with E-state index in [1.165, 1.54) is 0 Å². The van der Waals surface area contributed by atoms with E-state index < -0.39 is 0 Å². The van der Waals surface area contributed by atoms with Gasteiger partial charge in [0.2, 0.25) is 0 Å². The van der Waals surface area contributed by atoms with E-state index in [1.807, 2.05) is 36.4 Å². The second kappa shape index (κ2) is 9.66. The molecule has 38 heavy (non-hydrogen) atoms. The zero-order chi connectivity index (χ0) is 26.5. The predicted molar refractivity (Wildman–Crippen MR) is 143 cm³/mol. The van der Waals surface area contributed by atoms with Crippen LogP contribution in [0.4, 0.5) is 0 Å². The Balaban J connectivity index is 1.30. The van der Waals surface area contributed by atoms with Crippen LogP contribution in [-0.4, -0.2) is 29.9 Å². The fraction of sp³-hybridized carbons (Fsp3) is 0.545. The fourth-order valence-electron chi connectivity index (χ4n) is 8.81. The normalized spacial score (nSPS) is 37.9. The smallest absolute Gasteiger partial charge is 0.338 e. The van der Waals surface area contributed by atoms with Gasteiger partial charge >= 0.3 is 11.9 Å². The number of rotatable bonds is 4. The minimum absolute atomic E-state index is 0.0777. The van der Waals surface area contributed by atoms with Gasteiger partial charge in [0.1, 0.15) is 18.0 Å². The van der Waals surface area contributed by atoms with Crippen molar-refractivity contribution >= 4 is 17.7 Å². The fourth-order valence-corrected chi connectivity index (χ4v) is 8.81. The van der Waals surface area contributed by atoms with Crippen LogP contribution in [0.5, 0.6) is 0 Å². The molecule has 0 N–H and O–H groups in total. The molecule has 0 saturated heterocycles. The Hall–Kier alpha value is -2.95. The Morgan fingerprint density at radius 1 is 0.763 bits per heavy atom. The van der Waals surface area contributed by atoms with Gasteiger partial charge in [-0.1, -0.05) is 50.2 Å². The Kier molecular flexibility index (Phi) is 6.44. The van der Waals surface area contributed by atoms with Gasteiger partial charge in [0, 0.05) is 24.2 Å². The van der Waals surface area contributed by atoms with E-state index in [1.54, 1.807) is 24.3 Å². The number of carbonyl (C=O) groups is 3. The van der Waals surface area contributed by atoms with Crippen LogP contribution in [-0.2, 0) is 14.3 Å². The van der Waals surface area contributed by atoms with Crippen molar-refractivity contribution in [3.63, 3.8) is 0 Å². The van der Waals surface area contributed by atoms with E-state index in [4.69, 9.17) is 9.47 Å². The van der Waals surface area contributed by atoms with Crippen molar-refractivity contribution in [1.82, 2.24) is 0 Å². The number of fused-ring (bicyclic) bond motifs is 5. The van der Waals surface area contributed by atoms with E-state index in [-0.39, 0.29) is 46.8 Å². The summed E-state index contributed by atoms with van der Waals surface area (Å²) in [5.74, 6) is 0.953.